The lowest BCUT2D eigenvalue weighted by molar-refractivity contribution is 0.365. The summed E-state index contributed by atoms with van der Waals surface area (Å²) in [6, 6.07) is 44.3. The summed E-state index contributed by atoms with van der Waals surface area (Å²) in [6.07, 6.45) is 18.4. The molecule has 0 saturated carbocycles. The maximum Gasteiger partial charge on any atom is 0.153 e. The fourth-order valence-corrected chi connectivity index (χ4v) is 10.4. The smallest absolute Gasteiger partial charge is 0.153 e. The molecule has 8 aromatic rings. The number of furan rings is 1. The Hall–Kier alpha value is -6.59. The third-order valence-electron chi connectivity index (χ3n) is 13.1. The van der Waals surface area contributed by atoms with Crippen molar-refractivity contribution in [1.29, 1.82) is 0 Å². The monoisotopic (exact) mass is 752 g/mol. The molecule has 5 heteroatoms. The van der Waals surface area contributed by atoms with Gasteiger partial charge in [0.1, 0.15) is 17.1 Å². The number of rotatable bonds is 5. The Morgan fingerprint density at radius 1 is 0.690 bits per heavy atom. The first kappa shape index (κ1) is 33.5. The zero-order chi connectivity index (χ0) is 38.3. The van der Waals surface area contributed by atoms with Gasteiger partial charge in [0.15, 0.2) is 5.76 Å². The Bertz CT molecular complexity index is 3070. The molecule has 5 nitrogen and oxygen atoms in total. The van der Waals surface area contributed by atoms with Gasteiger partial charge in [0, 0.05) is 61.5 Å². The van der Waals surface area contributed by atoms with E-state index in [1.807, 2.05) is 6.07 Å². The highest BCUT2D eigenvalue weighted by Crippen LogP contribution is 2.46. The second kappa shape index (κ2) is 13.2. The van der Waals surface area contributed by atoms with Gasteiger partial charge < -0.3 is 18.9 Å². The van der Waals surface area contributed by atoms with Gasteiger partial charge in [-0.15, -0.1) is 0 Å². The van der Waals surface area contributed by atoms with Crippen LogP contribution in [0.2, 0.25) is 0 Å². The van der Waals surface area contributed by atoms with Crippen LogP contribution >= 0.6 is 0 Å². The van der Waals surface area contributed by atoms with E-state index in [4.69, 9.17) is 9.41 Å². The van der Waals surface area contributed by atoms with Gasteiger partial charge in [-0.25, -0.2) is 4.99 Å². The van der Waals surface area contributed by atoms with Crippen molar-refractivity contribution in [3.8, 4) is 11.4 Å². The van der Waals surface area contributed by atoms with Crippen molar-refractivity contribution in [3.63, 3.8) is 0 Å². The number of hydrogen-bond acceptors (Lipinski definition) is 3. The highest BCUT2D eigenvalue weighted by molar-refractivity contribution is 6.06. The number of para-hydroxylation sites is 3. The summed E-state index contributed by atoms with van der Waals surface area (Å²) in [6.45, 7) is 2.40. The molecule has 3 atom stereocenters. The van der Waals surface area contributed by atoms with Crippen molar-refractivity contribution in [1.82, 2.24) is 14.5 Å². The summed E-state index contributed by atoms with van der Waals surface area (Å²) in [4.78, 5) is 5.31. The van der Waals surface area contributed by atoms with E-state index >= 15 is 0 Å². The number of allylic oxidation sites excluding steroid dienone is 3. The van der Waals surface area contributed by atoms with Gasteiger partial charge in [-0.05, 0) is 116 Å². The topological polar surface area (TPSA) is 47.4 Å². The maximum atomic E-state index is 6.53. The van der Waals surface area contributed by atoms with Crippen molar-refractivity contribution < 1.29 is 4.42 Å². The van der Waals surface area contributed by atoms with Gasteiger partial charge >= 0.3 is 0 Å². The Kier molecular flexibility index (Phi) is 7.66. The molecule has 0 bridgehead atoms. The summed E-state index contributed by atoms with van der Waals surface area (Å²) < 4.78 is 11.5. The molecule has 0 amide bonds. The molecule has 3 aliphatic carbocycles. The first-order valence-electron chi connectivity index (χ1n) is 21.1. The van der Waals surface area contributed by atoms with Crippen LogP contribution in [-0.2, 0) is 12.8 Å². The molecule has 12 rings (SSSR count). The van der Waals surface area contributed by atoms with Gasteiger partial charge in [-0.1, -0.05) is 98.0 Å². The summed E-state index contributed by atoms with van der Waals surface area (Å²) in [5, 5.41) is 7.58. The summed E-state index contributed by atoms with van der Waals surface area (Å²) in [5.41, 5.74) is 16.0. The number of hydrogen-bond donors (Lipinski definition) is 1. The van der Waals surface area contributed by atoms with E-state index in [2.05, 4.69) is 167 Å². The van der Waals surface area contributed by atoms with Crippen LogP contribution in [0.1, 0.15) is 78.1 Å². The van der Waals surface area contributed by atoms with Crippen LogP contribution in [0.25, 0.3) is 61.9 Å². The van der Waals surface area contributed by atoms with E-state index in [1.54, 1.807) is 0 Å². The Morgan fingerprint density at radius 2 is 1.50 bits per heavy atom. The largest absolute Gasteiger partial charge is 0.456 e. The molecule has 1 aliphatic heterocycles. The SMILES string of the molecule is CC1Cc2c(c3ccccc3n2-c2cccc(C3=Nc4c(oc5ccccc45)C(C4C=CCCC4)N3)c2)C=C1c1ccc2c(c1)c1c(n2-c2ccccc2)CCC=C1. The van der Waals surface area contributed by atoms with Crippen LogP contribution in [0.15, 0.2) is 149 Å². The minimum Gasteiger partial charge on any atom is -0.456 e. The first-order chi connectivity index (χ1) is 28.7. The second-order valence-corrected chi connectivity index (χ2v) is 16.6. The van der Waals surface area contributed by atoms with Crippen LogP contribution in [0.3, 0.4) is 0 Å². The normalized spacial score (nSPS) is 19.8. The molecule has 5 aromatic carbocycles. The number of nitrogens with one attached hydrogen (secondary N) is 1. The molecule has 58 heavy (non-hydrogen) atoms. The summed E-state index contributed by atoms with van der Waals surface area (Å²) >= 11 is 0. The lowest BCUT2D eigenvalue weighted by Crippen LogP contribution is -2.36. The number of benzene rings is 5. The molecule has 3 unspecified atom stereocenters. The van der Waals surface area contributed by atoms with Gasteiger partial charge in [-0.3, -0.25) is 0 Å². The zero-order valence-electron chi connectivity index (χ0n) is 32.7. The van der Waals surface area contributed by atoms with Gasteiger partial charge in [0.05, 0.1) is 17.1 Å². The van der Waals surface area contributed by atoms with E-state index < -0.39 is 0 Å². The Labute approximate surface area is 338 Å². The van der Waals surface area contributed by atoms with Crippen LogP contribution in [0.4, 0.5) is 5.69 Å². The van der Waals surface area contributed by atoms with E-state index in [0.717, 1.165) is 71.6 Å². The van der Waals surface area contributed by atoms with Gasteiger partial charge in [0.25, 0.3) is 0 Å². The van der Waals surface area contributed by atoms with Crippen molar-refractivity contribution >= 4 is 62.0 Å². The highest BCUT2D eigenvalue weighted by atomic mass is 16.3. The average molecular weight is 753 g/mol. The molecule has 282 valence electrons. The lowest BCUT2D eigenvalue weighted by atomic mass is 9.83. The molecule has 0 spiro atoms. The maximum absolute atomic E-state index is 6.53. The molecule has 4 heterocycles. The van der Waals surface area contributed by atoms with E-state index in [9.17, 15) is 0 Å². The first-order valence-corrected chi connectivity index (χ1v) is 21.1. The predicted molar refractivity (Wildman–Crippen MR) is 239 cm³/mol. The molecular weight excluding hydrogens is 709 g/mol. The lowest BCUT2D eigenvalue weighted by Gasteiger charge is -2.30. The highest BCUT2D eigenvalue weighted by Gasteiger charge is 2.34. The predicted octanol–water partition coefficient (Wildman–Crippen LogP) is 13.1. The Morgan fingerprint density at radius 3 is 2.40 bits per heavy atom. The fourth-order valence-electron chi connectivity index (χ4n) is 10.4. The minimum absolute atomic E-state index is 0.0253. The molecule has 0 fully saturated rings. The van der Waals surface area contributed by atoms with Crippen molar-refractivity contribution in [2.75, 3.05) is 0 Å². The van der Waals surface area contributed by atoms with E-state index in [0.29, 0.717) is 11.8 Å². The standard InChI is InChI=1S/C53H44N4O/c1-33-29-48-44(32-42(33)35-27-28-47-43(31-35)39-21-8-11-24-45(39)56(47)37-18-6-3-7-19-37)40-22-9-12-25-46(40)57(48)38-20-14-17-36(30-38)53-54-50(34-15-4-2-5-16-34)52-51(55-53)41-23-10-13-26-49(41)58-52/h3-4,6-10,12-15,17-23,25-28,30-34,50H,2,5,11,16,24,29H2,1H3,(H,54,55). The van der Waals surface area contributed by atoms with Crippen LogP contribution in [-0.4, -0.2) is 15.0 Å². The van der Waals surface area contributed by atoms with E-state index in [1.165, 1.54) is 67.6 Å². The third kappa shape index (κ3) is 5.19. The van der Waals surface area contributed by atoms with Crippen LogP contribution in [0, 0.1) is 11.8 Å². The fraction of sp³-hybridized carbons (Fsp3) is 0.189. The average Bonchev–Trinajstić information content (AvgIpc) is 3.93. The third-order valence-corrected chi connectivity index (χ3v) is 13.1. The zero-order valence-corrected chi connectivity index (χ0v) is 32.7. The van der Waals surface area contributed by atoms with Crippen LogP contribution < -0.4 is 5.32 Å². The summed E-state index contributed by atoms with van der Waals surface area (Å²) in [7, 11) is 0. The molecular formula is C53H44N4O. The second-order valence-electron chi connectivity index (χ2n) is 16.6. The van der Waals surface area contributed by atoms with Gasteiger partial charge in [0.2, 0.25) is 0 Å². The van der Waals surface area contributed by atoms with Crippen molar-refractivity contribution in [3.05, 3.63) is 179 Å². The number of aromatic nitrogens is 2. The quantitative estimate of drug-likeness (QED) is 0.178. The number of fused-ring (bicyclic) bond motifs is 9. The number of nitrogens with zero attached hydrogens (tertiary/aromatic N) is 3. The van der Waals surface area contributed by atoms with Crippen molar-refractivity contribution in [2.45, 2.75) is 51.5 Å². The van der Waals surface area contributed by atoms with Crippen LogP contribution in [0.5, 0.6) is 0 Å². The minimum atomic E-state index is 0.0253. The summed E-state index contributed by atoms with van der Waals surface area (Å²) in [5.74, 6) is 2.53. The molecule has 3 aromatic heterocycles. The number of aliphatic imine (C=N–C) groups is 1. The number of amidine groups is 1. The molecule has 1 N–H and O–H groups in total. The molecule has 0 saturated heterocycles. The Balaban J connectivity index is 0.969. The van der Waals surface area contributed by atoms with Gasteiger partial charge in [-0.2, -0.15) is 0 Å². The van der Waals surface area contributed by atoms with E-state index in [-0.39, 0.29) is 6.04 Å². The molecule has 4 aliphatic rings. The molecule has 0 radical (unpaired) electrons. The van der Waals surface area contributed by atoms with Crippen molar-refractivity contribution in [2.24, 2.45) is 16.8 Å².